The SMILES string of the molecule is Cc1ccc(-c2nc(C)c(C(=O)N3CCN(c4ncc(Cl)cc4Cl)CC3)s2)o1. The van der Waals surface area contributed by atoms with Crippen LogP contribution in [-0.4, -0.2) is 47.0 Å². The van der Waals surface area contributed by atoms with E-state index in [2.05, 4.69) is 14.9 Å². The molecule has 0 spiro atoms. The van der Waals surface area contributed by atoms with E-state index in [1.54, 1.807) is 12.3 Å². The second-order valence-electron chi connectivity index (χ2n) is 6.58. The van der Waals surface area contributed by atoms with Crippen LogP contribution in [0, 0.1) is 13.8 Å². The molecule has 1 amide bonds. The molecule has 1 aliphatic rings. The van der Waals surface area contributed by atoms with Gasteiger partial charge < -0.3 is 14.2 Å². The molecule has 3 aromatic rings. The third-order valence-electron chi connectivity index (χ3n) is 4.60. The predicted molar refractivity (Wildman–Crippen MR) is 112 cm³/mol. The molecule has 0 N–H and O–H groups in total. The molecule has 0 radical (unpaired) electrons. The van der Waals surface area contributed by atoms with Crippen molar-refractivity contribution >= 4 is 46.3 Å². The molecule has 1 fully saturated rings. The normalized spacial score (nSPS) is 14.6. The van der Waals surface area contributed by atoms with Gasteiger partial charge in [0.15, 0.2) is 10.8 Å². The number of hydrogen-bond donors (Lipinski definition) is 0. The molecule has 1 saturated heterocycles. The number of aryl methyl sites for hydroxylation is 2. The molecule has 1 aliphatic heterocycles. The Kier molecular flexibility index (Phi) is 5.31. The molecule has 0 saturated carbocycles. The lowest BCUT2D eigenvalue weighted by Gasteiger charge is -2.35. The van der Waals surface area contributed by atoms with Crippen molar-refractivity contribution in [3.8, 4) is 10.8 Å². The third-order valence-corrected chi connectivity index (χ3v) is 6.24. The number of carbonyl (C=O) groups is 1. The molecular formula is C19H18Cl2N4O2S. The minimum Gasteiger partial charge on any atom is -0.459 e. The van der Waals surface area contributed by atoms with Gasteiger partial charge in [0.05, 0.1) is 15.7 Å². The van der Waals surface area contributed by atoms with Gasteiger partial charge in [0.25, 0.3) is 5.91 Å². The molecule has 28 heavy (non-hydrogen) atoms. The summed E-state index contributed by atoms with van der Waals surface area (Å²) in [6.45, 7) is 6.23. The maximum atomic E-state index is 13.0. The molecule has 0 bridgehead atoms. The fourth-order valence-corrected chi connectivity index (χ4v) is 4.65. The molecule has 0 aromatic carbocycles. The summed E-state index contributed by atoms with van der Waals surface area (Å²) in [5.41, 5.74) is 0.726. The number of nitrogens with zero attached hydrogens (tertiary/aromatic N) is 4. The minimum atomic E-state index is -0.000611. The highest BCUT2D eigenvalue weighted by Gasteiger charge is 2.27. The largest absolute Gasteiger partial charge is 0.459 e. The number of rotatable bonds is 3. The zero-order valence-electron chi connectivity index (χ0n) is 15.4. The van der Waals surface area contributed by atoms with Gasteiger partial charge in [0.1, 0.15) is 16.5 Å². The first-order valence-corrected chi connectivity index (χ1v) is 10.4. The van der Waals surface area contributed by atoms with Crippen molar-refractivity contribution in [2.45, 2.75) is 13.8 Å². The summed E-state index contributed by atoms with van der Waals surface area (Å²) in [7, 11) is 0. The van der Waals surface area contributed by atoms with Crippen LogP contribution in [0.2, 0.25) is 10.0 Å². The number of thiazole rings is 1. The van der Waals surface area contributed by atoms with E-state index in [0.717, 1.165) is 16.5 Å². The van der Waals surface area contributed by atoms with Crippen LogP contribution in [0.4, 0.5) is 5.82 Å². The van der Waals surface area contributed by atoms with Crippen molar-refractivity contribution in [2.24, 2.45) is 0 Å². The van der Waals surface area contributed by atoms with Gasteiger partial charge in [-0.3, -0.25) is 4.79 Å². The summed E-state index contributed by atoms with van der Waals surface area (Å²) < 4.78 is 5.63. The average Bonchev–Trinajstić information content (AvgIpc) is 3.27. The molecular weight excluding hydrogens is 419 g/mol. The summed E-state index contributed by atoms with van der Waals surface area (Å²) >= 11 is 13.5. The molecule has 0 unspecified atom stereocenters. The van der Waals surface area contributed by atoms with Crippen LogP contribution in [-0.2, 0) is 0 Å². The van der Waals surface area contributed by atoms with Gasteiger partial charge in [-0.25, -0.2) is 9.97 Å². The second kappa shape index (κ2) is 7.73. The van der Waals surface area contributed by atoms with Gasteiger partial charge in [0.2, 0.25) is 0 Å². The highest BCUT2D eigenvalue weighted by Crippen LogP contribution is 2.31. The molecule has 4 heterocycles. The maximum absolute atomic E-state index is 13.0. The van der Waals surface area contributed by atoms with E-state index >= 15 is 0 Å². The monoisotopic (exact) mass is 436 g/mol. The smallest absolute Gasteiger partial charge is 0.265 e. The van der Waals surface area contributed by atoms with Gasteiger partial charge in [0, 0.05) is 32.4 Å². The van der Waals surface area contributed by atoms with Gasteiger partial charge in [-0.15, -0.1) is 11.3 Å². The number of carbonyl (C=O) groups excluding carboxylic acids is 1. The van der Waals surface area contributed by atoms with Crippen molar-refractivity contribution in [3.05, 3.63) is 50.8 Å². The van der Waals surface area contributed by atoms with E-state index in [-0.39, 0.29) is 5.91 Å². The summed E-state index contributed by atoms with van der Waals surface area (Å²) in [6, 6.07) is 5.45. The quantitative estimate of drug-likeness (QED) is 0.595. The van der Waals surface area contributed by atoms with Crippen LogP contribution in [0.3, 0.4) is 0 Å². The molecule has 0 atom stereocenters. The lowest BCUT2D eigenvalue weighted by atomic mass is 10.2. The Morgan fingerprint density at radius 1 is 1.18 bits per heavy atom. The molecule has 4 rings (SSSR count). The van der Waals surface area contributed by atoms with Crippen molar-refractivity contribution in [2.75, 3.05) is 31.1 Å². The molecule has 0 aliphatic carbocycles. The zero-order chi connectivity index (χ0) is 19.8. The van der Waals surface area contributed by atoms with E-state index in [0.29, 0.717) is 52.7 Å². The molecule has 3 aromatic heterocycles. The van der Waals surface area contributed by atoms with Crippen LogP contribution in [0.5, 0.6) is 0 Å². The topological polar surface area (TPSA) is 62.5 Å². The molecule has 6 nitrogen and oxygen atoms in total. The number of hydrogen-bond acceptors (Lipinski definition) is 6. The van der Waals surface area contributed by atoms with Crippen LogP contribution < -0.4 is 4.90 Å². The van der Waals surface area contributed by atoms with E-state index in [1.807, 2.05) is 30.9 Å². The number of aromatic nitrogens is 2. The average molecular weight is 437 g/mol. The molecule has 146 valence electrons. The van der Waals surface area contributed by atoms with Crippen LogP contribution in [0.25, 0.3) is 10.8 Å². The Hall–Kier alpha value is -2.09. The summed E-state index contributed by atoms with van der Waals surface area (Å²) in [5.74, 6) is 2.21. The number of pyridine rings is 1. The second-order valence-corrected chi connectivity index (χ2v) is 8.42. The lowest BCUT2D eigenvalue weighted by molar-refractivity contribution is 0.0750. The molecule has 9 heteroatoms. The Balaban J connectivity index is 1.46. The zero-order valence-corrected chi connectivity index (χ0v) is 17.7. The van der Waals surface area contributed by atoms with Crippen LogP contribution in [0.15, 0.2) is 28.8 Å². The van der Waals surface area contributed by atoms with E-state index in [1.165, 1.54) is 11.3 Å². The minimum absolute atomic E-state index is 0.000611. The van der Waals surface area contributed by atoms with Gasteiger partial charge in [-0.05, 0) is 32.0 Å². The van der Waals surface area contributed by atoms with Gasteiger partial charge >= 0.3 is 0 Å². The lowest BCUT2D eigenvalue weighted by Crippen LogP contribution is -2.49. The highest BCUT2D eigenvalue weighted by atomic mass is 35.5. The summed E-state index contributed by atoms with van der Waals surface area (Å²) in [4.78, 5) is 26.4. The highest BCUT2D eigenvalue weighted by molar-refractivity contribution is 7.17. The Morgan fingerprint density at radius 3 is 2.57 bits per heavy atom. The number of halogens is 2. The Labute approximate surface area is 176 Å². The van der Waals surface area contributed by atoms with Crippen molar-refractivity contribution < 1.29 is 9.21 Å². The van der Waals surface area contributed by atoms with Crippen LogP contribution in [0.1, 0.15) is 21.1 Å². The Bertz CT molecular complexity index is 1020. The van der Waals surface area contributed by atoms with Crippen LogP contribution >= 0.6 is 34.5 Å². The number of piperazine rings is 1. The summed E-state index contributed by atoms with van der Waals surface area (Å²) in [6.07, 6.45) is 1.58. The van der Waals surface area contributed by atoms with Crippen molar-refractivity contribution in [1.29, 1.82) is 0 Å². The standard InChI is InChI=1S/C19H18Cl2N4O2S/c1-11-3-4-15(27-11)18-23-12(2)16(28-18)19(26)25-7-5-24(6-8-25)17-14(21)9-13(20)10-22-17/h3-4,9-10H,5-8H2,1-2H3. The maximum Gasteiger partial charge on any atom is 0.265 e. The fraction of sp³-hybridized carbons (Fsp3) is 0.316. The first-order valence-electron chi connectivity index (χ1n) is 8.82. The predicted octanol–water partition coefficient (Wildman–Crippen LogP) is 4.68. The Morgan fingerprint density at radius 2 is 1.93 bits per heavy atom. The van der Waals surface area contributed by atoms with E-state index in [9.17, 15) is 4.79 Å². The van der Waals surface area contributed by atoms with Gasteiger partial charge in [-0.2, -0.15) is 0 Å². The van der Waals surface area contributed by atoms with E-state index in [4.69, 9.17) is 27.6 Å². The first kappa shape index (κ1) is 19.2. The van der Waals surface area contributed by atoms with Crippen molar-refractivity contribution in [1.82, 2.24) is 14.9 Å². The van der Waals surface area contributed by atoms with Crippen molar-refractivity contribution in [3.63, 3.8) is 0 Å². The fourth-order valence-electron chi connectivity index (χ4n) is 3.15. The summed E-state index contributed by atoms with van der Waals surface area (Å²) in [5, 5.41) is 1.75. The first-order chi connectivity index (χ1) is 13.4. The third kappa shape index (κ3) is 3.74. The van der Waals surface area contributed by atoms with Gasteiger partial charge in [-0.1, -0.05) is 23.2 Å². The number of amides is 1. The number of anilines is 1. The van der Waals surface area contributed by atoms with E-state index < -0.39 is 0 Å². The number of furan rings is 1.